The SMILES string of the molecule is Cc1ccc(C(=NC2CCCCC2)NN)c(Cl)c1. The van der Waals surface area contributed by atoms with Crippen LogP contribution in [-0.4, -0.2) is 11.9 Å². The molecule has 1 fully saturated rings. The molecule has 0 atom stereocenters. The number of nitrogens with two attached hydrogens (primary N) is 1. The van der Waals surface area contributed by atoms with Crippen LogP contribution in [0.4, 0.5) is 0 Å². The van der Waals surface area contributed by atoms with Gasteiger partial charge in [0.05, 0.1) is 11.1 Å². The van der Waals surface area contributed by atoms with Gasteiger partial charge in [-0.3, -0.25) is 4.99 Å². The number of aliphatic imine (C=N–C) groups is 1. The summed E-state index contributed by atoms with van der Waals surface area (Å²) in [6, 6.07) is 6.31. The maximum atomic E-state index is 6.24. The van der Waals surface area contributed by atoms with Gasteiger partial charge in [0.2, 0.25) is 0 Å². The molecule has 0 spiro atoms. The van der Waals surface area contributed by atoms with E-state index in [-0.39, 0.29) is 0 Å². The molecule has 0 bridgehead atoms. The van der Waals surface area contributed by atoms with Crippen molar-refractivity contribution in [2.75, 3.05) is 0 Å². The minimum absolute atomic E-state index is 0.377. The topological polar surface area (TPSA) is 50.4 Å². The van der Waals surface area contributed by atoms with Crippen molar-refractivity contribution in [3.63, 3.8) is 0 Å². The van der Waals surface area contributed by atoms with Gasteiger partial charge in [0.1, 0.15) is 5.84 Å². The Kier molecular flexibility index (Phi) is 4.61. The normalized spacial score (nSPS) is 17.8. The van der Waals surface area contributed by atoms with Gasteiger partial charge in [0.25, 0.3) is 0 Å². The lowest BCUT2D eigenvalue weighted by Crippen LogP contribution is -2.33. The summed E-state index contributed by atoms with van der Waals surface area (Å²) in [6.07, 6.45) is 6.13. The van der Waals surface area contributed by atoms with E-state index in [4.69, 9.17) is 22.4 Å². The summed E-state index contributed by atoms with van der Waals surface area (Å²) < 4.78 is 0. The number of aryl methyl sites for hydroxylation is 1. The number of rotatable bonds is 2. The number of amidine groups is 1. The van der Waals surface area contributed by atoms with Crippen LogP contribution in [0, 0.1) is 6.92 Å². The first-order valence-electron chi connectivity index (χ1n) is 6.51. The molecule has 3 nitrogen and oxygen atoms in total. The van der Waals surface area contributed by atoms with E-state index in [9.17, 15) is 0 Å². The number of hydrogen-bond acceptors (Lipinski definition) is 2. The summed E-state index contributed by atoms with van der Waals surface area (Å²) in [6.45, 7) is 2.02. The van der Waals surface area contributed by atoms with E-state index in [0.29, 0.717) is 16.9 Å². The second kappa shape index (κ2) is 6.21. The molecule has 0 radical (unpaired) electrons. The number of benzene rings is 1. The maximum absolute atomic E-state index is 6.24. The van der Waals surface area contributed by atoms with Gasteiger partial charge in [-0.1, -0.05) is 36.9 Å². The van der Waals surface area contributed by atoms with Gasteiger partial charge in [-0.2, -0.15) is 0 Å². The highest BCUT2D eigenvalue weighted by molar-refractivity contribution is 6.34. The van der Waals surface area contributed by atoms with Crippen LogP contribution in [0.2, 0.25) is 5.02 Å². The summed E-state index contributed by atoms with van der Waals surface area (Å²) in [5, 5.41) is 0.697. The summed E-state index contributed by atoms with van der Waals surface area (Å²) in [5.41, 5.74) is 4.71. The fourth-order valence-electron chi connectivity index (χ4n) is 2.39. The molecule has 18 heavy (non-hydrogen) atoms. The zero-order valence-corrected chi connectivity index (χ0v) is 11.5. The van der Waals surface area contributed by atoms with Crippen molar-refractivity contribution in [2.24, 2.45) is 10.8 Å². The second-order valence-corrected chi connectivity index (χ2v) is 5.30. The lowest BCUT2D eigenvalue weighted by Gasteiger charge is -2.19. The van der Waals surface area contributed by atoms with Crippen LogP contribution in [-0.2, 0) is 0 Å². The van der Waals surface area contributed by atoms with E-state index in [1.54, 1.807) is 0 Å². The fraction of sp³-hybridized carbons (Fsp3) is 0.500. The van der Waals surface area contributed by atoms with Crippen molar-refractivity contribution in [3.8, 4) is 0 Å². The van der Waals surface area contributed by atoms with Crippen LogP contribution in [0.3, 0.4) is 0 Å². The van der Waals surface area contributed by atoms with Gasteiger partial charge in [0.15, 0.2) is 0 Å². The van der Waals surface area contributed by atoms with Crippen molar-refractivity contribution in [3.05, 3.63) is 34.3 Å². The molecule has 0 heterocycles. The van der Waals surface area contributed by atoms with Gasteiger partial charge in [0, 0.05) is 5.56 Å². The Labute approximate surface area is 113 Å². The largest absolute Gasteiger partial charge is 0.308 e. The molecular formula is C14H20ClN3. The van der Waals surface area contributed by atoms with Gasteiger partial charge < -0.3 is 5.43 Å². The number of hydrazine groups is 1. The molecule has 1 aliphatic rings. The van der Waals surface area contributed by atoms with Crippen LogP contribution in [0.15, 0.2) is 23.2 Å². The van der Waals surface area contributed by atoms with E-state index in [2.05, 4.69) is 5.43 Å². The molecule has 3 N–H and O–H groups in total. The molecule has 0 aromatic heterocycles. The van der Waals surface area contributed by atoms with Gasteiger partial charge in [-0.25, -0.2) is 5.84 Å². The Morgan fingerprint density at radius 2 is 2.06 bits per heavy atom. The Morgan fingerprint density at radius 1 is 1.33 bits per heavy atom. The van der Waals surface area contributed by atoms with Gasteiger partial charge in [-0.05, 0) is 37.5 Å². The van der Waals surface area contributed by atoms with Crippen LogP contribution in [0.25, 0.3) is 0 Å². The molecule has 4 heteroatoms. The number of nitrogens with one attached hydrogen (secondary N) is 1. The van der Waals surface area contributed by atoms with Crippen molar-refractivity contribution in [1.29, 1.82) is 0 Å². The number of nitrogens with zero attached hydrogens (tertiary/aromatic N) is 1. The molecular weight excluding hydrogens is 246 g/mol. The predicted molar refractivity (Wildman–Crippen MR) is 76.9 cm³/mol. The first-order chi connectivity index (χ1) is 8.70. The lowest BCUT2D eigenvalue weighted by atomic mass is 9.96. The summed E-state index contributed by atoms with van der Waals surface area (Å²) in [7, 11) is 0. The molecule has 1 saturated carbocycles. The Hall–Kier alpha value is -1.06. The fourth-order valence-corrected chi connectivity index (χ4v) is 2.71. The third kappa shape index (κ3) is 3.24. The first-order valence-corrected chi connectivity index (χ1v) is 6.89. The Morgan fingerprint density at radius 3 is 2.67 bits per heavy atom. The van der Waals surface area contributed by atoms with Crippen LogP contribution < -0.4 is 11.3 Å². The maximum Gasteiger partial charge on any atom is 0.144 e. The molecule has 1 aliphatic carbocycles. The lowest BCUT2D eigenvalue weighted by molar-refractivity contribution is 0.442. The minimum Gasteiger partial charge on any atom is -0.308 e. The highest BCUT2D eigenvalue weighted by Crippen LogP contribution is 2.22. The first kappa shape index (κ1) is 13.4. The quantitative estimate of drug-likeness (QED) is 0.373. The minimum atomic E-state index is 0.377. The number of hydrogen-bond donors (Lipinski definition) is 2. The van der Waals surface area contributed by atoms with E-state index in [1.165, 1.54) is 19.3 Å². The molecule has 0 aliphatic heterocycles. The van der Waals surface area contributed by atoms with E-state index in [0.717, 1.165) is 24.0 Å². The van der Waals surface area contributed by atoms with Crippen LogP contribution in [0.5, 0.6) is 0 Å². The smallest absolute Gasteiger partial charge is 0.144 e. The van der Waals surface area contributed by atoms with Crippen molar-refractivity contribution in [2.45, 2.75) is 45.1 Å². The molecule has 1 aromatic rings. The average Bonchev–Trinajstić information content (AvgIpc) is 2.38. The third-order valence-electron chi connectivity index (χ3n) is 3.40. The van der Waals surface area contributed by atoms with Crippen molar-refractivity contribution >= 4 is 17.4 Å². The average molecular weight is 266 g/mol. The summed E-state index contributed by atoms with van der Waals surface area (Å²) in [4.78, 5) is 4.71. The van der Waals surface area contributed by atoms with E-state index < -0.39 is 0 Å². The predicted octanol–water partition coefficient (Wildman–Crippen LogP) is 3.19. The summed E-state index contributed by atoms with van der Waals surface area (Å²) in [5.74, 6) is 6.29. The summed E-state index contributed by atoms with van der Waals surface area (Å²) >= 11 is 6.24. The van der Waals surface area contributed by atoms with Crippen LogP contribution >= 0.6 is 11.6 Å². The van der Waals surface area contributed by atoms with Crippen molar-refractivity contribution < 1.29 is 0 Å². The van der Waals surface area contributed by atoms with Gasteiger partial charge in [-0.15, -0.1) is 0 Å². The Balaban J connectivity index is 2.23. The van der Waals surface area contributed by atoms with E-state index in [1.807, 2.05) is 25.1 Å². The number of halogens is 1. The molecule has 0 amide bonds. The molecule has 2 rings (SSSR count). The standard InChI is InChI=1S/C14H20ClN3/c1-10-7-8-12(13(15)9-10)14(18-16)17-11-5-3-2-4-6-11/h7-9,11H,2-6,16H2,1H3,(H,17,18). The molecule has 1 aromatic carbocycles. The highest BCUT2D eigenvalue weighted by atomic mass is 35.5. The van der Waals surface area contributed by atoms with Crippen LogP contribution in [0.1, 0.15) is 43.2 Å². The molecule has 0 unspecified atom stereocenters. The zero-order valence-electron chi connectivity index (χ0n) is 10.7. The van der Waals surface area contributed by atoms with E-state index >= 15 is 0 Å². The van der Waals surface area contributed by atoms with Gasteiger partial charge >= 0.3 is 0 Å². The second-order valence-electron chi connectivity index (χ2n) is 4.90. The third-order valence-corrected chi connectivity index (χ3v) is 3.72. The zero-order chi connectivity index (χ0) is 13.0. The Bertz CT molecular complexity index is 437. The monoisotopic (exact) mass is 265 g/mol. The van der Waals surface area contributed by atoms with Crippen molar-refractivity contribution in [1.82, 2.24) is 5.43 Å². The molecule has 0 saturated heterocycles. The molecule has 98 valence electrons. The highest BCUT2D eigenvalue weighted by Gasteiger charge is 2.15.